The van der Waals surface area contributed by atoms with Crippen LogP contribution in [0.3, 0.4) is 0 Å². The van der Waals surface area contributed by atoms with Crippen LogP contribution >= 0.6 is 10.7 Å². The molecule has 6 heteroatoms. The quantitative estimate of drug-likeness (QED) is 0.816. The van der Waals surface area contributed by atoms with Crippen LogP contribution in [0.15, 0.2) is 23.1 Å². The first-order valence-electron chi connectivity index (χ1n) is 7.17. The van der Waals surface area contributed by atoms with Crippen molar-refractivity contribution in [1.82, 2.24) is 5.32 Å². The Morgan fingerprint density at radius 2 is 2.00 bits per heavy atom. The molecule has 0 unspecified atom stereocenters. The third-order valence-electron chi connectivity index (χ3n) is 4.32. The zero-order valence-corrected chi connectivity index (χ0v) is 13.9. The Hall–Kier alpha value is -1.07. The molecule has 1 amide bonds. The second-order valence-electron chi connectivity index (χ2n) is 5.65. The zero-order valence-electron chi connectivity index (χ0n) is 12.3. The normalized spacial score (nSPS) is 16.5. The minimum Gasteiger partial charge on any atom is -0.351 e. The van der Waals surface area contributed by atoms with Crippen molar-refractivity contribution in [2.45, 2.75) is 44.4 Å². The maximum Gasteiger partial charge on any atom is 0.261 e. The molecular formula is C15H20ClNO3S. The van der Waals surface area contributed by atoms with Crippen molar-refractivity contribution in [2.24, 2.45) is 5.41 Å². The van der Waals surface area contributed by atoms with Crippen molar-refractivity contribution in [3.05, 3.63) is 29.3 Å². The highest BCUT2D eigenvalue weighted by Gasteiger charge is 2.40. The molecule has 0 radical (unpaired) electrons. The molecule has 0 aromatic heterocycles. The zero-order chi connectivity index (χ0) is 15.7. The van der Waals surface area contributed by atoms with E-state index in [-0.39, 0.29) is 16.2 Å². The van der Waals surface area contributed by atoms with Crippen LogP contribution in [0.2, 0.25) is 0 Å². The van der Waals surface area contributed by atoms with Gasteiger partial charge in [-0.05, 0) is 48.8 Å². The molecule has 1 aliphatic rings. The van der Waals surface area contributed by atoms with Gasteiger partial charge in [-0.3, -0.25) is 4.79 Å². The van der Waals surface area contributed by atoms with Crippen molar-refractivity contribution in [2.75, 3.05) is 6.54 Å². The first-order chi connectivity index (χ1) is 9.81. The molecule has 4 nitrogen and oxygen atoms in total. The van der Waals surface area contributed by atoms with E-state index in [4.69, 9.17) is 10.7 Å². The van der Waals surface area contributed by atoms with Crippen LogP contribution in [-0.4, -0.2) is 20.9 Å². The minimum absolute atomic E-state index is 0.0388. The van der Waals surface area contributed by atoms with Crippen LogP contribution in [0.25, 0.3) is 0 Å². The first-order valence-corrected chi connectivity index (χ1v) is 9.48. The summed E-state index contributed by atoms with van der Waals surface area (Å²) in [6, 6.07) is 4.45. The number of benzene rings is 1. The largest absolute Gasteiger partial charge is 0.351 e. The Balaban J connectivity index is 2.22. The number of hydrogen-bond donors (Lipinski definition) is 1. The van der Waals surface area contributed by atoms with Crippen molar-refractivity contribution >= 4 is 25.6 Å². The van der Waals surface area contributed by atoms with Gasteiger partial charge in [-0.15, -0.1) is 0 Å². The summed E-state index contributed by atoms with van der Waals surface area (Å²) in [7, 11) is 1.53. The van der Waals surface area contributed by atoms with Gasteiger partial charge in [-0.25, -0.2) is 8.42 Å². The van der Waals surface area contributed by atoms with Crippen molar-refractivity contribution in [1.29, 1.82) is 0 Å². The fourth-order valence-corrected chi connectivity index (χ4v) is 3.20. The number of nitrogens with one attached hydrogen (secondary N) is 1. The number of aryl methyl sites for hydroxylation is 1. The van der Waals surface area contributed by atoms with Gasteiger partial charge >= 0.3 is 0 Å². The third kappa shape index (κ3) is 3.77. The lowest BCUT2D eigenvalue weighted by atomic mass is 10.0. The molecule has 1 aromatic carbocycles. The van der Waals surface area contributed by atoms with E-state index in [1.165, 1.54) is 12.1 Å². The summed E-state index contributed by atoms with van der Waals surface area (Å²) in [6.45, 7) is 4.69. The summed E-state index contributed by atoms with van der Waals surface area (Å²) in [5.74, 6) is -0.228. The molecule has 1 fully saturated rings. The first kappa shape index (κ1) is 16.3. The van der Waals surface area contributed by atoms with E-state index in [1.807, 2.05) is 6.92 Å². The number of carbonyl (C=O) groups excluding carboxylic acids is 1. The molecule has 1 aromatic rings. The molecule has 0 spiro atoms. The van der Waals surface area contributed by atoms with E-state index < -0.39 is 9.05 Å². The molecule has 0 aliphatic heterocycles. The molecule has 0 atom stereocenters. The second kappa shape index (κ2) is 5.97. The Bertz CT molecular complexity index is 651. The van der Waals surface area contributed by atoms with Crippen molar-refractivity contribution < 1.29 is 13.2 Å². The summed E-state index contributed by atoms with van der Waals surface area (Å²) >= 11 is 0. The maximum atomic E-state index is 12.3. The van der Waals surface area contributed by atoms with E-state index in [2.05, 4.69) is 12.2 Å². The molecule has 1 aliphatic carbocycles. The molecule has 0 saturated heterocycles. The molecule has 1 N–H and O–H groups in total. The SMILES string of the molecule is CCc1ccc(S(=O)(=O)Cl)cc1C(=O)NCC1(CC)CC1. The van der Waals surface area contributed by atoms with Gasteiger partial charge in [0.15, 0.2) is 0 Å². The maximum absolute atomic E-state index is 12.3. The Morgan fingerprint density at radius 1 is 1.33 bits per heavy atom. The lowest BCUT2D eigenvalue weighted by Gasteiger charge is -2.15. The monoisotopic (exact) mass is 329 g/mol. The van der Waals surface area contributed by atoms with Crippen LogP contribution in [0, 0.1) is 5.41 Å². The van der Waals surface area contributed by atoms with Crippen LogP contribution in [0.4, 0.5) is 0 Å². The van der Waals surface area contributed by atoms with Gasteiger partial charge < -0.3 is 5.32 Å². The van der Waals surface area contributed by atoms with Crippen molar-refractivity contribution in [3.63, 3.8) is 0 Å². The summed E-state index contributed by atoms with van der Waals surface area (Å²) < 4.78 is 22.8. The summed E-state index contributed by atoms with van der Waals surface area (Å²) in [5.41, 5.74) is 1.46. The molecule has 2 rings (SSSR count). The highest BCUT2D eigenvalue weighted by Crippen LogP contribution is 2.47. The summed E-state index contributed by atoms with van der Waals surface area (Å²) in [4.78, 5) is 12.3. The fourth-order valence-electron chi connectivity index (χ4n) is 2.42. The van der Waals surface area contributed by atoms with E-state index in [9.17, 15) is 13.2 Å². The van der Waals surface area contributed by atoms with Gasteiger partial charge in [0.05, 0.1) is 4.90 Å². The summed E-state index contributed by atoms with van der Waals surface area (Å²) in [6.07, 6.45) is 3.98. The Morgan fingerprint density at radius 3 is 2.48 bits per heavy atom. The highest BCUT2D eigenvalue weighted by molar-refractivity contribution is 8.13. The van der Waals surface area contributed by atoms with Gasteiger partial charge in [-0.1, -0.05) is 19.9 Å². The third-order valence-corrected chi connectivity index (χ3v) is 5.67. The predicted octanol–water partition coefficient (Wildman–Crippen LogP) is 3.10. The standard InChI is InChI=1S/C15H20ClNO3S/c1-3-11-5-6-12(21(16,19)20)9-13(11)14(18)17-10-15(4-2)7-8-15/h5-6,9H,3-4,7-8,10H2,1-2H3,(H,17,18). The Labute approximate surface area is 130 Å². The lowest BCUT2D eigenvalue weighted by Crippen LogP contribution is -2.30. The number of carbonyl (C=O) groups is 1. The fraction of sp³-hybridized carbons (Fsp3) is 0.533. The van der Waals surface area contributed by atoms with Gasteiger partial charge in [0.2, 0.25) is 0 Å². The molecule has 116 valence electrons. The lowest BCUT2D eigenvalue weighted by molar-refractivity contribution is 0.0943. The molecule has 0 heterocycles. The number of halogens is 1. The molecule has 0 bridgehead atoms. The number of hydrogen-bond acceptors (Lipinski definition) is 3. The highest BCUT2D eigenvalue weighted by atomic mass is 35.7. The van der Waals surface area contributed by atoms with E-state index in [0.29, 0.717) is 18.5 Å². The Kier molecular flexibility index (Phi) is 4.63. The predicted molar refractivity (Wildman–Crippen MR) is 83.2 cm³/mol. The van der Waals surface area contributed by atoms with Crippen molar-refractivity contribution in [3.8, 4) is 0 Å². The molecule has 21 heavy (non-hydrogen) atoms. The van der Waals surface area contributed by atoms with Gasteiger partial charge in [0, 0.05) is 22.8 Å². The van der Waals surface area contributed by atoms with E-state index >= 15 is 0 Å². The number of amides is 1. The van der Waals surface area contributed by atoms with Gasteiger partial charge in [-0.2, -0.15) is 0 Å². The minimum atomic E-state index is -3.83. The van der Waals surface area contributed by atoms with Crippen LogP contribution < -0.4 is 5.32 Å². The number of rotatable bonds is 6. The average Bonchev–Trinajstić information content (AvgIpc) is 3.23. The van der Waals surface area contributed by atoms with Crippen LogP contribution in [0.5, 0.6) is 0 Å². The van der Waals surface area contributed by atoms with Gasteiger partial charge in [0.1, 0.15) is 0 Å². The van der Waals surface area contributed by atoms with Crippen LogP contribution in [-0.2, 0) is 15.5 Å². The average molecular weight is 330 g/mol. The van der Waals surface area contributed by atoms with Crippen LogP contribution in [0.1, 0.15) is 49.0 Å². The molecular weight excluding hydrogens is 310 g/mol. The topological polar surface area (TPSA) is 63.2 Å². The van der Waals surface area contributed by atoms with Gasteiger partial charge in [0.25, 0.3) is 15.0 Å². The van der Waals surface area contributed by atoms with E-state index in [0.717, 1.165) is 24.8 Å². The second-order valence-corrected chi connectivity index (χ2v) is 8.21. The molecule has 1 saturated carbocycles. The summed E-state index contributed by atoms with van der Waals surface area (Å²) in [5, 5.41) is 2.93. The van der Waals surface area contributed by atoms with E-state index in [1.54, 1.807) is 6.07 Å². The smallest absolute Gasteiger partial charge is 0.261 e.